The Hall–Kier alpha value is -2.89. The van der Waals surface area contributed by atoms with Gasteiger partial charge in [0.05, 0.1) is 13.5 Å². The zero-order chi connectivity index (χ0) is 18.9. The van der Waals surface area contributed by atoms with Crippen molar-refractivity contribution in [3.63, 3.8) is 0 Å². The summed E-state index contributed by atoms with van der Waals surface area (Å²) >= 11 is 0. The molecule has 26 heavy (non-hydrogen) atoms. The second-order valence-corrected chi connectivity index (χ2v) is 6.39. The molecule has 2 amide bonds. The van der Waals surface area contributed by atoms with Gasteiger partial charge >= 0.3 is 0 Å². The Kier molecular flexibility index (Phi) is 7.14. The third-order valence-electron chi connectivity index (χ3n) is 3.98. The van der Waals surface area contributed by atoms with E-state index in [4.69, 9.17) is 4.74 Å². The van der Waals surface area contributed by atoms with Crippen LogP contribution in [0.3, 0.4) is 0 Å². The van der Waals surface area contributed by atoms with E-state index >= 15 is 0 Å². The quantitative estimate of drug-likeness (QED) is 0.760. The highest BCUT2D eigenvalue weighted by atomic mass is 16.5. The van der Waals surface area contributed by atoms with Crippen molar-refractivity contribution >= 4 is 11.8 Å². The van der Waals surface area contributed by atoms with Crippen molar-refractivity contribution in [3.05, 3.63) is 59.9 Å². The standard InChI is InChI=1S/C20H25N3O3/c1-14(2)19(20(25)22-13-16-5-4-10-21-12-16)23-18(24)11-15-6-8-17(26-3)9-7-15/h4-10,12,14,19H,11,13H2,1-3H3,(H,22,25)(H,23,24)/t19-/m1/s1. The molecule has 0 bridgehead atoms. The third-order valence-corrected chi connectivity index (χ3v) is 3.98. The van der Waals surface area contributed by atoms with E-state index < -0.39 is 6.04 Å². The topological polar surface area (TPSA) is 80.3 Å². The van der Waals surface area contributed by atoms with Gasteiger partial charge in [0.1, 0.15) is 11.8 Å². The van der Waals surface area contributed by atoms with Gasteiger partial charge in [-0.25, -0.2) is 0 Å². The minimum atomic E-state index is -0.586. The van der Waals surface area contributed by atoms with E-state index in [2.05, 4.69) is 15.6 Å². The lowest BCUT2D eigenvalue weighted by molar-refractivity contribution is -0.129. The molecule has 1 aromatic carbocycles. The Bertz CT molecular complexity index is 715. The van der Waals surface area contributed by atoms with Crippen molar-refractivity contribution in [2.45, 2.75) is 32.9 Å². The summed E-state index contributed by atoms with van der Waals surface area (Å²) in [5, 5.41) is 5.69. The fourth-order valence-electron chi connectivity index (χ4n) is 2.49. The number of nitrogens with one attached hydrogen (secondary N) is 2. The first-order valence-corrected chi connectivity index (χ1v) is 8.58. The molecule has 2 aromatic rings. The molecule has 0 aliphatic carbocycles. The Labute approximate surface area is 154 Å². The number of pyridine rings is 1. The van der Waals surface area contributed by atoms with Crippen LogP contribution in [0.4, 0.5) is 0 Å². The van der Waals surface area contributed by atoms with Crippen LogP contribution < -0.4 is 15.4 Å². The van der Waals surface area contributed by atoms with Crippen LogP contribution in [0.2, 0.25) is 0 Å². The van der Waals surface area contributed by atoms with E-state index in [9.17, 15) is 9.59 Å². The maximum atomic E-state index is 12.5. The number of rotatable bonds is 8. The maximum absolute atomic E-state index is 12.5. The van der Waals surface area contributed by atoms with E-state index in [-0.39, 0.29) is 24.2 Å². The largest absolute Gasteiger partial charge is 0.497 e. The Balaban J connectivity index is 1.91. The van der Waals surface area contributed by atoms with Crippen molar-refractivity contribution in [1.29, 1.82) is 0 Å². The predicted molar refractivity (Wildman–Crippen MR) is 99.6 cm³/mol. The molecule has 2 N–H and O–H groups in total. The summed E-state index contributed by atoms with van der Waals surface area (Å²) in [6, 6.07) is 10.4. The van der Waals surface area contributed by atoms with E-state index in [1.807, 2.05) is 50.2 Å². The molecule has 0 aliphatic rings. The second kappa shape index (κ2) is 9.56. The first kappa shape index (κ1) is 19.4. The van der Waals surface area contributed by atoms with Crippen LogP contribution in [-0.4, -0.2) is 29.9 Å². The maximum Gasteiger partial charge on any atom is 0.243 e. The Morgan fingerprint density at radius 3 is 2.42 bits per heavy atom. The highest BCUT2D eigenvalue weighted by Gasteiger charge is 2.23. The Morgan fingerprint density at radius 2 is 1.85 bits per heavy atom. The first-order chi connectivity index (χ1) is 12.5. The SMILES string of the molecule is COc1ccc(CC(=O)N[C@@H](C(=O)NCc2cccnc2)C(C)C)cc1. The summed E-state index contributed by atoms with van der Waals surface area (Å²) in [7, 11) is 1.60. The predicted octanol–water partition coefficient (Wildman–Crippen LogP) is 2.09. The van der Waals surface area contributed by atoms with Crippen LogP contribution in [-0.2, 0) is 22.6 Å². The average Bonchev–Trinajstić information content (AvgIpc) is 2.65. The number of methoxy groups -OCH3 is 1. The van der Waals surface area contributed by atoms with Crippen LogP contribution in [0.15, 0.2) is 48.8 Å². The number of nitrogens with zero attached hydrogens (tertiary/aromatic N) is 1. The van der Waals surface area contributed by atoms with Gasteiger partial charge < -0.3 is 15.4 Å². The number of amides is 2. The van der Waals surface area contributed by atoms with Crippen LogP contribution in [0.5, 0.6) is 5.75 Å². The molecule has 0 saturated carbocycles. The fourth-order valence-corrected chi connectivity index (χ4v) is 2.49. The molecular weight excluding hydrogens is 330 g/mol. The summed E-state index contributed by atoms with van der Waals surface area (Å²) in [4.78, 5) is 28.8. The third kappa shape index (κ3) is 5.88. The van der Waals surface area contributed by atoms with Gasteiger partial charge in [-0.1, -0.05) is 32.0 Å². The smallest absolute Gasteiger partial charge is 0.243 e. The molecule has 0 spiro atoms. The summed E-state index contributed by atoms with van der Waals surface area (Å²) in [5.74, 6) is 0.324. The van der Waals surface area contributed by atoms with E-state index in [0.717, 1.165) is 16.9 Å². The van der Waals surface area contributed by atoms with E-state index in [1.165, 1.54) is 0 Å². The number of hydrogen-bond donors (Lipinski definition) is 2. The van der Waals surface area contributed by atoms with Gasteiger partial charge in [-0.05, 0) is 35.2 Å². The van der Waals surface area contributed by atoms with Crippen LogP contribution >= 0.6 is 0 Å². The first-order valence-electron chi connectivity index (χ1n) is 8.58. The molecule has 0 fully saturated rings. The summed E-state index contributed by atoms with van der Waals surface area (Å²) < 4.78 is 5.11. The zero-order valence-electron chi connectivity index (χ0n) is 15.4. The highest BCUT2D eigenvalue weighted by Crippen LogP contribution is 2.12. The lowest BCUT2D eigenvalue weighted by atomic mass is 10.0. The average molecular weight is 355 g/mol. The summed E-state index contributed by atoms with van der Waals surface area (Å²) in [5.41, 5.74) is 1.77. The number of carbonyl (C=O) groups is 2. The van der Waals surface area contributed by atoms with Gasteiger partial charge in [0.2, 0.25) is 11.8 Å². The normalized spacial score (nSPS) is 11.7. The van der Waals surface area contributed by atoms with Crippen molar-refractivity contribution in [3.8, 4) is 5.75 Å². The number of carbonyl (C=O) groups excluding carboxylic acids is 2. The zero-order valence-corrected chi connectivity index (χ0v) is 15.4. The minimum Gasteiger partial charge on any atom is -0.497 e. The molecule has 1 heterocycles. The lowest BCUT2D eigenvalue weighted by Crippen LogP contribution is -2.49. The van der Waals surface area contributed by atoms with Crippen molar-refractivity contribution < 1.29 is 14.3 Å². The monoisotopic (exact) mass is 355 g/mol. The number of aromatic nitrogens is 1. The van der Waals surface area contributed by atoms with Crippen LogP contribution in [0.25, 0.3) is 0 Å². The molecule has 138 valence electrons. The van der Waals surface area contributed by atoms with Crippen LogP contribution in [0, 0.1) is 5.92 Å². The number of ether oxygens (including phenoxy) is 1. The van der Waals surface area contributed by atoms with Crippen molar-refractivity contribution in [2.75, 3.05) is 7.11 Å². The summed E-state index contributed by atoms with van der Waals surface area (Å²) in [6.45, 7) is 4.19. The molecule has 6 nitrogen and oxygen atoms in total. The van der Waals surface area contributed by atoms with Gasteiger partial charge in [0.25, 0.3) is 0 Å². The molecular formula is C20H25N3O3. The molecule has 0 unspecified atom stereocenters. The fraction of sp³-hybridized carbons (Fsp3) is 0.350. The number of benzene rings is 1. The van der Waals surface area contributed by atoms with Gasteiger partial charge in [0, 0.05) is 18.9 Å². The van der Waals surface area contributed by atoms with E-state index in [1.54, 1.807) is 19.5 Å². The number of hydrogen-bond acceptors (Lipinski definition) is 4. The van der Waals surface area contributed by atoms with Gasteiger partial charge in [0.15, 0.2) is 0 Å². The van der Waals surface area contributed by atoms with Crippen molar-refractivity contribution in [1.82, 2.24) is 15.6 Å². The minimum absolute atomic E-state index is 0.0243. The highest BCUT2D eigenvalue weighted by molar-refractivity contribution is 5.88. The van der Waals surface area contributed by atoms with Gasteiger partial charge in [-0.15, -0.1) is 0 Å². The van der Waals surface area contributed by atoms with Gasteiger partial charge in [-0.3, -0.25) is 14.6 Å². The van der Waals surface area contributed by atoms with Crippen LogP contribution in [0.1, 0.15) is 25.0 Å². The molecule has 0 saturated heterocycles. The van der Waals surface area contributed by atoms with E-state index in [0.29, 0.717) is 6.54 Å². The van der Waals surface area contributed by atoms with Gasteiger partial charge in [-0.2, -0.15) is 0 Å². The molecule has 6 heteroatoms. The molecule has 1 atom stereocenters. The molecule has 0 radical (unpaired) electrons. The second-order valence-electron chi connectivity index (χ2n) is 6.39. The molecule has 2 rings (SSSR count). The molecule has 1 aromatic heterocycles. The lowest BCUT2D eigenvalue weighted by Gasteiger charge is -2.22. The van der Waals surface area contributed by atoms with Crippen molar-refractivity contribution in [2.24, 2.45) is 5.92 Å². The summed E-state index contributed by atoms with van der Waals surface area (Å²) in [6.07, 6.45) is 3.59. The Morgan fingerprint density at radius 1 is 1.12 bits per heavy atom. The molecule has 0 aliphatic heterocycles.